The van der Waals surface area contributed by atoms with Gasteiger partial charge < -0.3 is 5.32 Å². The van der Waals surface area contributed by atoms with Gasteiger partial charge in [-0.3, -0.25) is 0 Å². The zero-order chi connectivity index (χ0) is 10.4. The minimum atomic E-state index is 0.450. The topological polar surface area (TPSA) is 12.0 Å². The second-order valence-electron chi connectivity index (χ2n) is 3.34. The summed E-state index contributed by atoms with van der Waals surface area (Å²) in [7, 11) is 1.97. The fourth-order valence-corrected chi connectivity index (χ4v) is 1.67. The first kappa shape index (κ1) is 11.3. The molecule has 1 N–H and O–H groups in total. The van der Waals surface area contributed by atoms with Crippen LogP contribution in [-0.2, 0) is 6.42 Å². The molecule has 1 atom stereocenters. The van der Waals surface area contributed by atoms with Gasteiger partial charge in [-0.05, 0) is 37.6 Å². The predicted octanol–water partition coefficient (Wildman–Crippen LogP) is 3.05. The van der Waals surface area contributed by atoms with E-state index in [9.17, 15) is 0 Å². The van der Waals surface area contributed by atoms with Gasteiger partial charge in [-0.1, -0.05) is 29.8 Å². The normalized spacial score (nSPS) is 12.4. The van der Waals surface area contributed by atoms with Crippen molar-refractivity contribution >= 4 is 11.6 Å². The van der Waals surface area contributed by atoms with Crippen molar-refractivity contribution in [3.8, 4) is 0 Å². The van der Waals surface area contributed by atoms with E-state index in [1.807, 2.05) is 31.3 Å². The maximum Gasteiger partial charge on any atom is 0.0408 e. The lowest BCUT2D eigenvalue weighted by Gasteiger charge is -2.13. The molecule has 1 nitrogen and oxygen atoms in total. The third kappa shape index (κ3) is 3.52. The molecule has 14 heavy (non-hydrogen) atoms. The molecular formula is C12H16ClN. The van der Waals surface area contributed by atoms with Gasteiger partial charge in [0.2, 0.25) is 0 Å². The molecule has 0 aromatic heterocycles. The van der Waals surface area contributed by atoms with Crippen LogP contribution in [0.15, 0.2) is 36.9 Å². The standard InChI is InChI=1S/C12H16ClN/c1-3-5-12(14-2)9-10-6-4-7-11(13)8-10/h3-4,6-8,12,14H,1,5,9H2,2H3. The summed E-state index contributed by atoms with van der Waals surface area (Å²) < 4.78 is 0. The van der Waals surface area contributed by atoms with Crippen LogP contribution in [0.4, 0.5) is 0 Å². The third-order valence-electron chi connectivity index (χ3n) is 2.23. The fraction of sp³-hybridized carbons (Fsp3) is 0.333. The first-order valence-corrected chi connectivity index (χ1v) is 5.16. The third-order valence-corrected chi connectivity index (χ3v) is 2.47. The summed E-state index contributed by atoms with van der Waals surface area (Å²) in [5.74, 6) is 0. The van der Waals surface area contributed by atoms with E-state index in [0.717, 1.165) is 17.9 Å². The maximum atomic E-state index is 5.91. The summed E-state index contributed by atoms with van der Waals surface area (Å²) in [5.41, 5.74) is 1.26. The van der Waals surface area contributed by atoms with Gasteiger partial charge in [0.25, 0.3) is 0 Å². The van der Waals surface area contributed by atoms with Crippen LogP contribution < -0.4 is 5.32 Å². The van der Waals surface area contributed by atoms with Gasteiger partial charge in [0, 0.05) is 11.1 Å². The van der Waals surface area contributed by atoms with E-state index in [0.29, 0.717) is 6.04 Å². The summed E-state index contributed by atoms with van der Waals surface area (Å²) >= 11 is 5.91. The van der Waals surface area contributed by atoms with Crippen LogP contribution in [0.2, 0.25) is 5.02 Å². The van der Waals surface area contributed by atoms with Crippen molar-refractivity contribution in [3.05, 3.63) is 47.5 Å². The molecule has 1 unspecified atom stereocenters. The van der Waals surface area contributed by atoms with E-state index in [-0.39, 0.29) is 0 Å². The quantitative estimate of drug-likeness (QED) is 0.736. The molecule has 1 aromatic rings. The number of halogens is 1. The second kappa shape index (κ2) is 5.84. The smallest absolute Gasteiger partial charge is 0.0408 e. The molecule has 1 aromatic carbocycles. The summed E-state index contributed by atoms with van der Waals surface area (Å²) in [6.45, 7) is 3.74. The highest BCUT2D eigenvalue weighted by molar-refractivity contribution is 6.30. The van der Waals surface area contributed by atoms with Crippen molar-refractivity contribution in [1.82, 2.24) is 5.32 Å². The van der Waals surface area contributed by atoms with Crippen LogP contribution in [-0.4, -0.2) is 13.1 Å². The number of hydrogen-bond donors (Lipinski definition) is 1. The van der Waals surface area contributed by atoms with Crippen LogP contribution in [0.1, 0.15) is 12.0 Å². The molecule has 76 valence electrons. The number of rotatable bonds is 5. The van der Waals surface area contributed by atoms with Gasteiger partial charge in [-0.25, -0.2) is 0 Å². The van der Waals surface area contributed by atoms with Gasteiger partial charge in [0.05, 0.1) is 0 Å². The SMILES string of the molecule is C=CCC(Cc1cccc(Cl)c1)NC. The molecule has 0 amide bonds. The Morgan fingerprint density at radius 2 is 2.36 bits per heavy atom. The van der Waals surface area contributed by atoms with E-state index < -0.39 is 0 Å². The second-order valence-corrected chi connectivity index (χ2v) is 3.78. The predicted molar refractivity (Wildman–Crippen MR) is 62.8 cm³/mol. The summed E-state index contributed by atoms with van der Waals surface area (Å²) in [6, 6.07) is 8.44. The largest absolute Gasteiger partial charge is 0.316 e. The molecule has 0 aliphatic rings. The molecule has 2 heteroatoms. The molecule has 0 spiro atoms. The number of hydrogen-bond acceptors (Lipinski definition) is 1. The molecular weight excluding hydrogens is 194 g/mol. The van der Waals surface area contributed by atoms with Gasteiger partial charge in [-0.2, -0.15) is 0 Å². The Morgan fingerprint density at radius 1 is 1.57 bits per heavy atom. The highest BCUT2D eigenvalue weighted by Gasteiger charge is 2.04. The van der Waals surface area contributed by atoms with E-state index in [1.54, 1.807) is 0 Å². The Morgan fingerprint density at radius 3 is 2.93 bits per heavy atom. The Labute approximate surface area is 90.8 Å². The zero-order valence-electron chi connectivity index (χ0n) is 8.46. The Hall–Kier alpha value is -0.790. The van der Waals surface area contributed by atoms with Crippen LogP contribution in [0, 0.1) is 0 Å². The first-order valence-electron chi connectivity index (χ1n) is 4.79. The molecule has 0 fully saturated rings. The molecule has 1 rings (SSSR count). The molecule has 0 saturated heterocycles. The Kier molecular flexibility index (Phi) is 4.71. The molecule has 0 bridgehead atoms. The number of benzene rings is 1. The number of likely N-dealkylation sites (N-methyl/N-ethyl adjacent to an activating group) is 1. The van der Waals surface area contributed by atoms with Gasteiger partial charge >= 0.3 is 0 Å². The van der Waals surface area contributed by atoms with Gasteiger partial charge in [0.15, 0.2) is 0 Å². The van der Waals surface area contributed by atoms with Crippen LogP contribution in [0.3, 0.4) is 0 Å². The first-order chi connectivity index (χ1) is 6.76. The van der Waals surface area contributed by atoms with Crippen molar-refractivity contribution in [3.63, 3.8) is 0 Å². The molecule has 0 heterocycles. The minimum Gasteiger partial charge on any atom is -0.316 e. The lowest BCUT2D eigenvalue weighted by molar-refractivity contribution is 0.566. The minimum absolute atomic E-state index is 0.450. The lowest BCUT2D eigenvalue weighted by atomic mass is 10.0. The highest BCUT2D eigenvalue weighted by atomic mass is 35.5. The summed E-state index contributed by atoms with van der Waals surface area (Å²) in [5, 5.41) is 4.06. The monoisotopic (exact) mass is 209 g/mol. The van der Waals surface area contributed by atoms with Crippen LogP contribution >= 0.6 is 11.6 Å². The fourth-order valence-electron chi connectivity index (χ4n) is 1.45. The Balaban J connectivity index is 2.61. The van der Waals surface area contributed by atoms with Crippen molar-refractivity contribution in [2.45, 2.75) is 18.9 Å². The van der Waals surface area contributed by atoms with Crippen LogP contribution in [0.5, 0.6) is 0 Å². The average Bonchev–Trinajstić information content (AvgIpc) is 2.17. The van der Waals surface area contributed by atoms with Crippen molar-refractivity contribution in [2.24, 2.45) is 0 Å². The Bertz CT molecular complexity index is 296. The molecule has 0 radical (unpaired) electrons. The lowest BCUT2D eigenvalue weighted by Crippen LogP contribution is -2.26. The van der Waals surface area contributed by atoms with Crippen molar-refractivity contribution < 1.29 is 0 Å². The van der Waals surface area contributed by atoms with Gasteiger partial charge in [-0.15, -0.1) is 6.58 Å². The summed E-state index contributed by atoms with van der Waals surface area (Å²) in [4.78, 5) is 0. The summed E-state index contributed by atoms with van der Waals surface area (Å²) in [6.07, 6.45) is 3.90. The van der Waals surface area contributed by atoms with E-state index in [2.05, 4.69) is 18.0 Å². The maximum absolute atomic E-state index is 5.91. The van der Waals surface area contributed by atoms with E-state index >= 15 is 0 Å². The zero-order valence-corrected chi connectivity index (χ0v) is 9.22. The van der Waals surface area contributed by atoms with E-state index in [4.69, 9.17) is 11.6 Å². The molecule has 0 saturated carbocycles. The van der Waals surface area contributed by atoms with Crippen LogP contribution in [0.25, 0.3) is 0 Å². The average molecular weight is 210 g/mol. The number of nitrogens with one attached hydrogen (secondary N) is 1. The highest BCUT2D eigenvalue weighted by Crippen LogP contribution is 2.13. The van der Waals surface area contributed by atoms with Gasteiger partial charge in [0.1, 0.15) is 0 Å². The molecule has 0 aliphatic carbocycles. The molecule has 0 aliphatic heterocycles. The van der Waals surface area contributed by atoms with E-state index in [1.165, 1.54) is 5.56 Å². The van der Waals surface area contributed by atoms with Crippen molar-refractivity contribution in [2.75, 3.05) is 7.05 Å². The van der Waals surface area contributed by atoms with Crippen molar-refractivity contribution in [1.29, 1.82) is 0 Å².